The Kier molecular flexibility index (Phi) is 4.80. The number of nitrogens with zero attached hydrogens (tertiary/aromatic N) is 2. The summed E-state index contributed by atoms with van der Waals surface area (Å²) >= 11 is 1.73. The van der Waals surface area contributed by atoms with Crippen molar-refractivity contribution in [3.63, 3.8) is 0 Å². The van der Waals surface area contributed by atoms with Gasteiger partial charge in [0.1, 0.15) is 11.2 Å². The van der Waals surface area contributed by atoms with Crippen molar-refractivity contribution in [3.8, 4) is 5.88 Å². The lowest BCUT2D eigenvalue weighted by atomic mass is 9.89. The SMILES string of the molecule is CC[C@H](C)NC(=O)COc1ncnc2sc3c(c12)CC[C@H](C)C3. The van der Waals surface area contributed by atoms with E-state index in [-0.39, 0.29) is 18.6 Å². The Balaban J connectivity index is 1.80. The third-order valence-electron chi connectivity index (χ3n) is 4.42. The molecule has 1 amide bonds. The number of nitrogens with one attached hydrogen (secondary N) is 1. The van der Waals surface area contributed by atoms with Gasteiger partial charge in [-0.3, -0.25) is 4.79 Å². The predicted molar refractivity (Wildman–Crippen MR) is 92.0 cm³/mol. The van der Waals surface area contributed by atoms with E-state index in [1.54, 1.807) is 11.3 Å². The predicted octanol–water partition coefficient (Wildman–Crippen LogP) is 3.11. The van der Waals surface area contributed by atoms with Gasteiger partial charge in [0.15, 0.2) is 6.61 Å². The summed E-state index contributed by atoms with van der Waals surface area (Å²) in [6.07, 6.45) is 5.75. The average Bonchev–Trinajstić information content (AvgIpc) is 2.90. The number of aryl methyl sites for hydroxylation is 1. The van der Waals surface area contributed by atoms with E-state index in [0.717, 1.165) is 29.5 Å². The zero-order valence-electron chi connectivity index (χ0n) is 13.9. The Labute approximate surface area is 140 Å². The number of amides is 1. The molecule has 23 heavy (non-hydrogen) atoms. The van der Waals surface area contributed by atoms with Gasteiger partial charge in [0, 0.05) is 10.9 Å². The van der Waals surface area contributed by atoms with Crippen molar-refractivity contribution in [2.75, 3.05) is 6.61 Å². The number of aromatic nitrogens is 2. The van der Waals surface area contributed by atoms with E-state index in [2.05, 4.69) is 22.2 Å². The Morgan fingerprint density at radius 3 is 3.13 bits per heavy atom. The van der Waals surface area contributed by atoms with Crippen LogP contribution in [0, 0.1) is 5.92 Å². The molecule has 5 nitrogen and oxygen atoms in total. The first-order valence-corrected chi connectivity index (χ1v) is 9.07. The molecule has 1 aliphatic rings. The minimum absolute atomic E-state index is 0.00250. The molecular formula is C17H23N3O2S. The lowest BCUT2D eigenvalue weighted by Crippen LogP contribution is -2.35. The number of ether oxygens (including phenoxy) is 1. The van der Waals surface area contributed by atoms with Crippen molar-refractivity contribution in [2.24, 2.45) is 5.92 Å². The Morgan fingerprint density at radius 1 is 1.52 bits per heavy atom. The maximum absolute atomic E-state index is 11.9. The summed E-state index contributed by atoms with van der Waals surface area (Å²) < 4.78 is 5.72. The minimum Gasteiger partial charge on any atom is -0.467 e. The highest BCUT2D eigenvalue weighted by molar-refractivity contribution is 7.18. The van der Waals surface area contributed by atoms with Crippen LogP contribution in [0.2, 0.25) is 0 Å². The molecule has 124 valence electrons. The van der Waals surface area contributed by atoms with E-state index in [0.29, 0.717) is 11.8 Å². The molecule has 2 atom stereocenters. The first-order valence-electron chi connectivity index (χ1n) is 8.25. The first kappa shape index (κ1) is 16.2. The van der Waals surface area contributed by atoms with Crippen LogP contribution in [0.3, 0.4) is 0 Å². The molecule has 6 heteroatoms. The van der Waals surface area contributed by atoms with Crippen molar-refractivity contribution in [1.82, 2.24) is 15.3 Å². The van der Waals surface area contributed by atoms with Crippen LogP contribution in [0.4, 0.5) is 0 Å². The summed E-state index contributed by atoms with van der Waals surface area (Å²) in [5.41, 5.74) is 1.32. The van der Waals surface area contributed by atoms with Crippen LogP contribution in [-0.2, 0) is 17.6 Å². The van der Waals surface area contributed by atoms with Gasteiger partial charge < -0.3 is 10.1 Å². The first-order chi connectivity index (χ1) is 11.1. The number of carbonyl (C=O) groups excluding carboxylic acids is 1. The van der Waals surface area contributed by atoms with Gasteiger partial charge in [-0.25, -0.2) is 9.97 Å². The third-order valence-corrected chi connectivity index (χ3v) is 5.58. The normalized spacial score (nSPS) is 18.5. The highest BCUT2D eigenvalue weighted by atomic mass is 32.1. The van der Waals surface area contributed by atoms with Gasteiger partial charge >= 0.3 is 0 Å². The van der Waals surface area contributed by atoms with E-state index < -0.39 is 0 Å². The number of thiophene rings is 1. The number of fused-ring (bicyclic) bond motifs is 3. The maximum atomic E-state index is 11.9. The monoisotopic (exact) mass is 333 g/mol. The van der Waals surface area contributed by atoms with Crippen molar-refractivity contribution in [1.29, 1.82) is 0 Å². The summed E-state index contributed by atoms with van der Waals surface area (Å²) in [5.74, 6) is 1.15. The lowest BCUT2D eigenvalue weighted by molar-refractivity contribution is -0.123. The van der Waals surface area contributed by atoms with Crippen LogP contribution in [0.5, 0.6) is 5.88 Å². The molecular weight excluding hydrogens is 310 g/mol. The zero-order chi connectivity index (χ0) is 16.4. The average molecular weight is 333 g/mol. The molecule has 0 bridgehead atoms. The second-order valence-electron chi connectivity index (χ2n) is 6.38. The summed E-state index contributed by atoms with van der Waals surface area (Å²) in [5, 5.41) is 3.92. The quantitative estimate of drug-likeness (QED) is 0.913. The van der Waals surface area contributed by atoms with E-state index in [9.17, 15) is 4.79 Å². The molecule has 2 heterocycles. The fraction of sp³-hybridized carbons (Fsp3) is 0.588. The molecule has 0 aromatic carbocycles. The van der Waals surface area contributed by atoms with Crippen LogP contribution in [0.15, 0.2) is 6.33 Å². The Morgan fingerprint density at radius 2 is 2.35 bits per heavy atom. The highest BCUT2D eigenvalue weighted by Crippen LogP contribution is 2.40. The molecule has 0 saturated carbocycles. The van der Waals surface area contributed by atoms with Gasteiger partial charge in [-0.1, -0.05) is 13.8 Å². The van der Waals surface area contributed by atoms with Crippen molar-refractivity contribution < 1.29 is 9.53 Å². The fourth-order valence-electron chi connectivity index (χ4n) is 2.91. The number of carbonyl (C=O) groups is 1. The largest absolute Gasteiger partial charge is 0.467 e. The van der Waals surface area contributed by atoms with E-state index in [4.69, 9.17) is 4.74 Å². The third kappa shape index (κ3) is 3.47. The van der Waals surface area contributed by atoms with Crippen LogP contribution >= 0.6 is 11.3 Å². The number of hydrogen-bond donors (Lipinski definition) is 1. The molecule has 2 aromatic rings. The molecule has 0 aliphatic heterocycles. The van der Waals surface area contributed by atoms with Crippen LogP contribution < -0.4 is 10.1 Å². The Bertz CT molecular complexity index is 713. The second kappa shape index (κ2) is 6.83. The fourth-order valence-corrected chi connectivity index (χ4v) is 4.25. The van der Waals surface area contributed by atoms with E-state index in [1.807, 2.05) is 13.8 Å². The lowest BCUT2D eigenvalue weighted by Gasteiger charge is -2.18. The maximum Gasteiger partial charge on any atom is 0.258 e. The molecule has 1 N–H and O–H groups in total. The Hall–Kier alpha value is -1.69. The summed E-state index contributed by atoms with van der Waals surface area (Å²) in [7, 11) is 0. The summed E-state index contributed by atoms with van der Waals surface area (Å²) in [6, 6.07) is 0.159. The summed E-state index contributed by atoms with van der Waals surface area (Å²) in [4.78, 5) is 22.9. The molecule has 0 unspecified atom stereocenters. The van der Waals surface area contributed by atoms with Crippen molar-refractivity contribution in [2.45, 2.75) is 52.5 Å². The van der Waals surface area contributed by atoms with Crippen LogP contribution in [-0.4, -0.2) is 28.5 Å². The molecule has 2 aromatic heterocycles. The number of hydrogen-bond acceptors (Lipinski definition) is 5. The molecule has 0 spiro atoms. The van der Waals surface area contributed by atoms with Crippen LogP contribution in [0.25, 0.3) is 10.2 Å². The highest BCUT2D eigenvalue weighted by Gasteiger charge is 2.23. The van der Waals surface area contributed by atoms with Gasteiger partial charge in [0.05, 0.1) is 5.39 Å². The molecule has 3 rings (SSSR count). The van der Waals surface area contributed by atoms with Gasteiger partial charge in [-0.15, -0.1) is 11.3 Å². The zero-order valence-corrected chi connectivity index (χ0v) is 14.7. The van der Waals surface area contributed by atoms with E-state index >= 15 is 0 Å². The molecule has 0 radical (unpaired) electrons. The van der Waals surface area contributed by atoms with E-state index in [1.165, 1.54) is 23.2 Å². The van der Waals surface area contributed by atoms with Gasteiger partial charge in [0.2, 0.25) is 5.88 Å². The van der Waals surface area contributed by atoms with Gasteiger partial charge in [-0.2, -0.15) is 0 Å². The molecule has 0 saturated heterocycles. The van der Waals surface area contributed by atoms with Gasteiger partial charge in [0.25, 0.3) is 5.91 Å². The smallest absolute Gasteiger partial charge is 0.258 e. The standard InChI is InChI=1S/C17H23N3O2S/c1-4-11(3)20-14(21)8-22-16-15-12-6-5-10(2)7-13(12)23-17(15)19-9-18-16/h9-11H,4-8H2,1-3H3,(H,20,21)/t10-,11-/m0/s1. The number of rotatable bonds is 5. The summed E-state index contributed by atoms with van der Waals surface area (Å²) in [6.45, 7) is 6.31. The topological polar surface area (TPSA) is 64.1 Å². The molecule has 0 fully saturated rings. The van der Waals surface area contributed by atoms with Crippen molar-refractivity contribution >= 4 is 27.5 Å². The van der Waals surface area contributed by atoms with Gasteiger partial charge in [-0.05, 0) is 44.1 Å². The van der Waals surface area contributed by atoms with Crippen molar-refractivity contribution in [3.05, 3.63) is 16.8 Å². The minimum atomic E-state index is -0.108. The molecule has 1 aliphatic carbocycles. The second-order valence-corrected chi connectivity index (χ2v) is 7.46. The van der Waals surface area contributed by atoms with Crippen LogP contribution in [0.1, 0.15) is 44.1 Å².